The highest BCUT2D eigenvalue weighted by molar-refractivity contribution is 7.90. The molecule has 17 heavy (non-hydrogen) atoms. The SMILES string of the molecule is CC(C)(C)S(=O)(=O)NCCCCCCC(=O)O. The van der Waals surface area contributed by atoms with Crippen molar-refractivity contribution in [1.82, 2.24) is 4.72 Å². The first kappa shape index (κ1) is 16.4. The minimum atomic E-state index is -3.25. The Labute approximate surface area is 104 Å². The van der Waals surface area contributed by atoms with Crippen molar-refractivity contribution < 1.29 is 18.3 Å². The topological polar surface area (TPSA) is 83.5 Å². The molecule has 0 amide bonds. The molecule has 0 saturated heterocycles. The van der Waals surface area contributed by atoms with Crippen molar-refractivity contribution in [1.29, 1.82) is 0 Å². The quantitative estimate of drug-likeness (QED) is 0.655. The van der Waals surface area contributed by atoms with E-state index in [2.05, 4.69) is 4.72 Å². The van der Waals surface area contributed by atoms with E-state index in [0.717, 1.165) is 19.3 Å². The molecule has 5 nitrogen and oxygen atoms in total. The van der Waals surface area contributed by atoms with Gasteiger partial charge >= 0.3 is 5.97 Å². The molecule has 0 aliphatic rings. The van der Waals surface area contributed by atoms with Crippen LogP contribution in [0.3, 0.4) is 0 Å². The van der Waals surface area contributed by atoms with E-state index in [-0.39, 0.29) is 6.42 Å². The molecule has 102 valence electrons. The summed E-state index contributed by atoms with van der Waals surface area (Å²) in [7, 11) is -3.25. The summed E-state index contributed by atoms with van der Waals surface area (Å²) >= 11 is 0. The van der Waals surface area contributed by atoms with Crippen LogP contribution in [0.2, 0.25) is 0 Å². The average molecular weight is 265 g/mol. The minimum absolute atomic E-state index is 0.188. The summed E-state index contributed by atoms with van der Waals surface area (Å²) in [5.74, 6) is -0.779. The van der Waals surface area contributed by atoms with Gasteiger partial charge in [0.25, 0.3) is 0 Å². The second-order valence-corrected chi connectivity index (χ2v) is 7.59. The number of carboxylic acids is 1. The van der Waals surface area contributed by atoms with Gasteiger partial charge in [-0.2, -0.15) is 0 Å². The van der Waals surface area contributed by atoms with Gasteiger partial charge in [0.15, 0.2) is 0 Å². The zero-order valence-corrected chi connectivity index (χ0v) is 11.6. The predicted molar refractivity (Wildman–Crippen MR) is 67.4 cm³/mol. The Bertz CT molecular complexity index is 330. The summed E-state index contributed by atoms with van der Waals surface area (Å²) in [5, 5.41) is 8.42. The smallest absolute Gasteiger partial charge is 0.303 e. The van der Waals surface area contributed by atoms with Gasteiger partial charge < -0.3 is 5.11 Å². The van der Waals surface area contributed by atoms with Crippen molar-refractivity contribution in [3.8, 4) is 0 Å². The Morgan fingerprint density at radius 1 is 1.12 bits per heavy atom. The molecule has 0 aromatic rings. The second-order valence-electron chi connectivity index (χ2n) is 5.07. The van der Waals surface area contributed by atoms with Gasteiger partial charge in [0.05, 0.1) is 4.75 Å². The molecule has 0 bridgehead atoms. The fourth-order valence-corrected chi connectivity index (χ4v) is 2.02. The molecule has 0 unspecified atom stereocenters. The van der Waals surface area contributed by atoms with Crippen LogP contribution in [-0.4, -0.2) is 30.8 Å². The highest BCUT2D eigenvalue weighted by Gasteiger charge is 2.27. The Morgan fingerprint density at radius 2 is 1.65 bits per heavy atom. The normalized spacial score (nSPS) is 12.6. The molecule has 0 rings (SSSR count). The Morgan fingerprint density at radius 3 is 2.12 bits per heavy atom. The third-order valence-corrected chi connectivity index (χ3v) is 4.61. The molecule has 0 heterocycles. The Balaban J connectivity index is 3.63. The van der Waals surface area contributed by atoms with Crippen LogP contribution in [0.25, 0.3) is 0 Å². The first-order chi connectivity index (χ1) is 7.67. The summed E-state index contributed by atoms with van der Waals surface area (Å²) in [6, 6.07) is 0. The zero-order chi connectivity index (χ0) is 13.5. The standard InChI is InChI=1S/C11H23NO4S/c1-11(2,3)17(15,16)12-9-7-5-4-6-8-10(13)14/h12H,4-9H2,1-3H3,(H,13,14). The van der Waals surface area contributed by atoms with Crippen molar-refractivity contribution in [3.05, 3.63) is 0 Å². The summed E-state index contributed by atoms with van der Waals surface area (Å²) in [6.45, 7) is 5.39. The highest BCUT2D eigenvalue weighted by atomic mass is 32.2. The van der Waals surface area contributed by atoms with Crippen LogP contribution in [-0.2, 0) is 14.8 Å². The molecule has 0 atom stereocenters. The van der Waals surface area contributed by atoms with E-state index < -0.39 is 20.7 Å². The Kier molecular flexibility index (Phi) is 6.70. The molecule has 0 aliphatic heterocycles. The second kappa shape index (κ2) is 6.96. The summed E-state index contributed by atoms with van der Waals surface area (Å²) in [5.41, 5.74) is 0. The van der Waals surface area contributed by atoms with E-state index in [1.165, 1.54) is 0 Å². The molecule has 0 aliphatic carbocycles. The van der Waals surface area contributed by atoms with Gasteiger partial charge in [0, 0.05) is 13.0 Å². The third kappa shape index (κ3) is 7.33. The Hall–Kier alpha value is -0.620. The van der Waals surface area contributed by atoms with E-state index in [4.69, 9.17) is 5.11 Å². The van der Waals surface area contributed by atoms with Crippen LogP contribution in [0.1, 0.15) is 52.9 Å². The maximum Gasteiger partial charge on any atom is 0.303 e. The number of aliphatic carboxylic acids is 1. The molecular formula is C11H23NO4S. The average Bonchev–Trinajstić information content (AvgIpc) is 2.13. The maximum absolute atomic E-state index is 11.6. The van der Waals surface area contributed by atoms with E-state index in [0.29, 0.717) is 13.0 Å². The van der Waals surface area contributed by atoms with E-state index in [1.54, 1.807) is 20.8 Å². The third-order valence-electron chi connectivity index (χ3n) is 2.42. The zero-order valence-electron chi connectivity index (χ0n) is 10.8. The molecule has 0 aromatic carbocycles. The van der Waals surface area contributed by atoms with Crippen molar-refractivity contribution in [2.45, 2.75) is 57.6 Å². The van der Waals surface area contributed by atoms with Gasteiger partial charge in [-0.05, 0) is 33.6 Å². The lowest BCUT2D eigenvalue weighted by Crippen LogP contribution is -2.39. The molecule has 2 N–H and O–H groups in total. The van der Waals surface area contributed by atoms with Crippen LogP contribution in [0, 0.1) is 0 Å². The van der Waals surface area contributed by atoms with Gasteiger partial charge in [0.2, 0.25) is 10.0 Å². The molecule has 0 aromatic heterocycles. The van der Waals surface area contributed by atoms with E-state index in [9.17, 15) is 13.2 Å². The number of hydrogen-bond donors (Lipinski definition) is 2. The number of unbranched alkanes of at least 4 members (excludes halogenated alkanes) is 3. The number of carbonyl (C=O) groups is 1. The number of rotatable bonds is 8. The van der Waals surface area contributed by atoms with Crippen molar-refractivity contribution >= 4 is 16.0 Å². The van der Waals surface area contributed by atoms with Crippen LogP contribution in [0.15, 0.2) is 0 Å². The van der Waals surface area contributed by atoms with Crippen LogP contribution in [0.5, 0.6) is 0 Å². The van der Waals surface area contributed by atoms with Gasteiger partial charge in [0.1, 0.15) is 0 Å². The van der Waals surface area contributed by atoms with Gasteiger partial charge in [-0.1, -0.05) is 12.8 Å². The molecule has 0 fully saturated rings. The lowest BCUT2D eigenvalue weighted by Gasteiger charge is -2.19. The van der Waals surface area contributed by atoms with Crippen LogP contribution in [0.4, 0.5) is 0 Å². The molecule has 0 radical (unpaired) electrons. The lowest BCUT2D eigenvalue weighted by molar-refractivity contribution is -0.137. The molecule has 0 saturated carbocycles. The van der Waals surface area contributed by atoms with Gasteiger partial charge in [-0.3, -0.25) is 4.79 Å². The molecular weight excluding hydrogens is 242 g/mol. The molecule has 6 heteroatoms. The van der Waals surface area contributed by atoms with Crippen molar-refractivity contribution in [3.63, 3.8) is 0 Å². The number of hydrogen-bond acceptors (Lipinski definition) is 3. The van der Waals surface area contributed by atoms with Gasteiger partial charge in [-0.25, -0.2) is 13.1 Å². The number of carboxylic acid groups (broad SMARTS) is 1. The largest absolute Gasteiger partial charge is 0.481 e. The van der Waals surface area contributed by atoms with E-state index in [1.807, 2.05) is 0 Å². The van der Waals surface area contributed by atoms with Gasteiger partial charge in [-0.15, -0.1) is 0 Å². The van der Waals surface area contributed by atoms with Crippen molar-refractivity contribution in [2.24, 2.45) is 0 Å². The lowest BCUT2D eigenvalue weighted by atomic mass is 10.1. The first-order valence-electron chi connectivity index (χ1n) is 5.88. The molecule has 0 spiro atoms. The van der Waals surface area contributed by atoms with E-state index >= 15 is 0 Å². The fourth-order valence-electron chi connectivity index (χ4n) is 1.18. The summed E-state index contributed by atoms with van der Waals surface area (Å²) < 4.78 is 25.1. The number of sulfonamides is 1. The maximum atomic E-state index is 11.6. The number of nitrogens with one attached hydrogen (secondary N) is 1. The van der Waals surface area contributed by atoms with Crippen LogP contribution >= 0.6 is 0 Å². The van der Waals surface area contributed by atoms with Crippen molar-refractivity contribution in [2.75, 3.05) is 6.54 Å². The summed E-state index contributed by atoms with van der Waals surface area (Å²) in [4.78, 5) is 10.2. The minimum Gasteiger partial charge on any atom is -0.481 e. The first-order valence-corrected chi connectivity index (χ1v) is 7.36. The predicted octanol–water partition coefficient (Wildman–Crippen LogP) is 1.74. The monoisotopic (exact) mass is 265 g/mol. The van der Waals surface area contributed by atoms with Crippen LogP contribution < -0.4 is 4.72 Å². The summed E-state index contributed by atoms with van der Waals surface area (Å²) in [6.07, 6.45) is 3.26. The highest BCUT2D eigenvalue weighted by Crippen LogP contribution is 2.13. The fraction of sp³-hybridized carbons (Fsp3) is 0.909.